The molecule has 1 aromatic heterocycles. The zero-order valence-electron chi connectivity index (χ0n) is 15.9. The van der Waals surface area contributed by atoms with E-state index in [1.807, 2.05) is 0 Å². The van der Waals surface area contributed by atoms with Gasteiger partial charge in [0.1, 0.15) is 0 Å². The minimum Gasteiger partial charge on any atom is -0.287 e. The van der Waals surface area contributed by atoms with Gasteiger partial charge in [-0.25, -0.2) is 0 Å². The Morgan fingerprint density at radius 1 is 0.800 bits per heavy atom. The van der Waals surface area contributed by atoms with Crippen molar-refractivity contribution < 1.29 is 4.79 Å². The van der Waals surface area contributed by atoms with Crippen molar-refractivity contribution in [1.82, 2.24) is 14.8 Å². The van der Waals surface area contributed by atoms with Gasteiger partial charge in [-0.05, 0) is 23.4 Å². The van der Waals surface area contributed by atoms with Crippen LogP contribution in [0, 0.1) is 0 Å². The maximum absolute atomic E-state index is 11.7. The van der Waals surface area contributed by atoms with E-state index in [9.17, 15) is 4.79 Å². The zero-order valence-corrected chi connectivity index (χ0v) is 17.5. The lowest BCUT2D eigenvalue weighted by molar-refractivity contribution is -0.111. The van der Waals surface area contributed by atoms with Crippen molar-refractivity contribution in [3.05, 3.63) is 0 Å². The molecule has 0 spiro atoms. The van der Waals surface area contributed by atoms with Gasteiger partial charge in [0, 0.05) is 18.0 Å². The Hall–Kier alpha value is -0.490. The Bertz CT molecular complexity index is 413. The summed E-state index contributed by atoms with van der Waals surface area (Å²) in [6.45, 7) is 2.28. The van der Waals surface area contributed by atoms with E-state index in [4.69, 9.17) is 0 Å². The average molecular weight is 386 g/mol. The van der Waals surface area contributed by atoms with E-state index in [0.29, 0.717) is 10.8 Å². The minimum atomic E-state index is 0.188. The first-order valence-electron chi connectivity index (χ1n) is 10.2. The predicted molar refractivity (Wildman–Crippen MR) is 108 cm³/mol. The first-order valence-corrected chi connectivity index (χ1v) is 11.8. The van der Waals surface area contributed by atoms with Crippen LogP contribution in [0.2, 0.25) is 0 Å². The summed E-state index contributed by atoms with van der Waals surface area (Å²) < 4.78 is 4.32. The molecule has 4 nitrogen and oxygen atoms in total. The van der Waals surface area contributed by atoms with Crippen molar-refractivity contribution in [3.8, 4) is 0 Å². The molecule has 0 atom stereocenters. The van der Waals surface area contributed by atoms with E-state index < -0.39 is 0 Å². The molecular formula is C19H35N3OS2. The Kier molecular flexibility index (Phi) is 15.3. The highest BCUT2D eigenvalue weighted by Crippen LogP contribution is 2.21. The Labute approximate surface area is 162 Å². The van der Waals surface area contributed by atoms with Crippen molar-refractivity contribution in [2.75, 3.05) is 0 Å². The molecule has 0 saturated heterocycles. The van der Waals surface area contributed by atoms with Crippen LogP contribution in [0.3, 0.4) is 0 Å². The fourth-order valence-electron chi connectivity index (χ4n) is 2.95. The van der Waals surface area contributed by atoms with Gasteiger partial charge in [-0.15, -0.1) is 5.10 Å². The molecule has 0 bridgehead atoms. The van der Waals surface area contributed by atoms with Gasteiger partial charge in [0.15, 0.2) is 5.12 Å². The summed E-state index contributed by atoms with van der Waals surface area (Å²) in [4.78, 5) is 11.7. The molecule has 1 rings (SSSR count). The van der Waals surface area contributed by atoms with E-state index >= 15 is 0 Å². The molecule has 0 aliphatic rings. The monoisotopic (exact) mass is 385 g/mol. The van der Waals surface area contributed by atoms with E-state index in [2.05, 4.69) is 21.7 Å². The largest absolute Gasteiger partial charge is 0.287 e. The summed E-state index contributed by atoms with van der Waals surface area (Å²) in [6.07, 6.45) is 20.9. The Morgan fingerprint density at radius 2 is 1.28 bits per heavy atom. The van der Waals surface area contributed by atoms with Gasteiger partial charge in [0.2, 0.25) is 4.34 Å². The van der Waals surface area contributed by atoms with Crippen molar-refractivity contribution >= 4 is 28.4 Å². The van der Waals surface area contributed by atoms with Gasteiger partial charge in [0.05, 0.1) is 0 Å². The number of rotatable bonds is 17. The van der Waals surface area contributed by atoms with E-state index in [-0.39, 0.29) is 5.12 Å². The maximum Gasteiger partial charge on any atom is 0.201 e. The molecule has 0 radical (unpaired) electrons. The molecular weight excluding hydrogens is 350 g/mol. The molecule has 144 valence electrons. The number of nitrogens with zero attached hydrogens (tertiary/aromatic N) is 3. The van der Waals surface area contributed by atoms with Crippen LogP contribution in [0.25, 0.3) is 0 Å². The van der Waals surface area contributed by atoms with Crippen LogP contribution in [0.5, 0.6) is 0 Å². The second kappa shape index (κ2) is 17.0. The lowest BCUT2D eigenvalue weighted by Crippen LogP contribution is -1.91. The van der Waals surface area contributed by atoms with Crippen LogP contribution in [-0.4, -0.2) is 19.9 Å². The molecule has 1 heterocycles. The quantitative estimate of drug-likeness (QED) is 0.218. The minimum absolute atomic E-state index is 0.188. The fraction of sp³-hybridized carbons (Fsp3) is 0.895. The van der Waals surface area contributed by atoms with Crippen LogP contribution >= 0.6 is 23.3 Å². The second-order valence-corrected chi connectivity index (χ2v) is 8.84. The number of carbonyl (C=O) groups excluding carboxylic acids is 1. The first-order chi connectivity index (χ1) is 12.3. The molecule has 0 fully saturated rings. The molecule has 25 heavy (non-hydrogen) atoms. The molecule has 6 heteroatoms. The van der Waals surface area contributed by atoms with Gasteiger partial charge < -0.3 is 0 Å². The molecule has 0 saturated carbocycles. The highest BCUT2D eigenvalue weighted by Gasteiger charge is 2.07. The van der Waals surface area contributed by atoms with Gasteiger partial charge in [-0.2, -0.15) is 0 Å². The van der Waals surface area contributed by atoms with Crippen LogP contribution in [0.4, 0.5) is 0 Å². The topological polar surface area (TPSA) is 55.7 Å². The molecule has 0 aromatic carbocycles. The summed E-state index contributed by atoms with van der Waals surface area (Å²) in [6, 6.07) is 0. The zero-order chi connectivity index (χ0) is 18.0. The number of hydrogen-bond acceptors (Lipinski definition) is 6. The lowest BCUT2D eigenvalue weighted by Gasteiger charge is -2.03. The van der Waals surface area contributed by atoms with Gasteiger partial charge in [0.25, 0.3) is 0 Å². The van der Waals surface area contributed by atoms with Crippen molar-refractivity contribution in [2.45, 2.75) is 114 Å². The van der Waals surface area contributed by atoms with Crippen LogP contribution in [0.1, 0.15) is 110 Å². The second-order valence-electron chi connectivity index (χ2n) is 6.80. The van der Waals surface area contributed by atoms with Crippen LogP contribution in [-0.2, 0) is 4.79 Å². The molecule has 0 amide bonds. The first kappa shape index (κ1) is 22.6. The maximum atomic E-state index is 11.7. The van der Waals surface area contributed by atoms with Gasteiger partial charge in [-0.1, -0.05) is 101 Å². The highest BCUT2D eigenvalue weighted by molar-refractivity contribution is 8.14. The molecule has 0 aliphatic heterocycles. The van der Waals surface area contributed by atoms with Gasteiger partial charge in [-0.3, -0.25) is 4.79 Å². The SMILES string of the molecule is CCCCCCCCCCCCCCCCCC(=O)Sc1nnns1. The number of carbonyl (C=O) groups is 1. The van der Waals surface area contributed by atoms with Crippen molar-refractivity contribution in [2.24, 2.45) is 0 Å². The van der Waals surface area contributed by atoms with Crippen LogP contribution in [0.15, 0.2) is 4.34 Å². The number of thioether (sulfide) groups is 1. The number of hydrogen-bond donors (Lipinski definition) is 0. The van der Waals surface area contributed by atoms with E-state index in [0.717, 1.165) is 6.42 Å². The third kappa shape index (κ3) is 14.4. The molecule has 1 aromatic rings. The molecule has 0 N–H and O–H groups in total. The number of aromatic nitrogens is 3. The third-order valence-electron chi connectivity index (χ3n) is 4.47. The predicted octanol–water partition coefficient (Wildman–Crippen LogP) is 6.81. The summed E-state index contributed by atoms with van der Waals surface area (Å²) >= 11 is 2.37. The lowest BCUT2D eigenvalue weighted by atomic mass is 10.0. The summed E-state index contributed by atoms with van der Waals surface area (Å²) in [5, 5.41) is 7.46. The van der Waals surface area contributed by atoms with E-state index in [1.54, 1.807) is 0 Å². The summed E-state index contributed by atoms with van der Waals surface area (Å²) in [5.41, 5.74) is 0. The number of unbranched alkanes of at least 4 members (excludes halogenated alkanes) is 14. The summed E-state index contributed by atoms with van der Waals surface area (Å²) in [5.74, 6) is 0. The molecule has 0 aliphatic carbocycles. The normalized spacial score (nSPS) is 11.1. The average Bonchev–Trinajstić information content (AvgIpc) is 3.11. The molecule has 0 unspecified atom stereocenters. The fourth-order valence-corrected chi connectivity index (χ4v) is 4.22. The Morgan fingerprint density at radius 3 is 1.72 bits per heavy atom. The smallest absolute Gasteiger partial charge is 0.201 e. The van der Waals surface area contributed by atoms with E-state index in [1.165, 1.54) is 113 Å². The third-order valence-corrected chi connectivity index (χ3v) is 6.02. The summed E-state index contributed by atoms with van der Waals surface area (Å²) in [7, 11) is 0. The van der Waals surface area contributed by atoms with Gasteiger partial charge >= 0.3 is 0 Å². The van der Waals surface area contributed by atoms with Crippen LogP contribution < -0.4 is 0 Å². The van der Waals surface area contributed by atoms with Crippen molar-refractivity contribution in [1.29, 1.82) is 0 Å². The standard InChI is InChI=1S/C19H35N3OS2/c1-2-3-4-5-6-7-8-9-10-11-12-13-14-15-16-17-18(23)24-19-20-21-22-25-19/h2-17H2,1H3. The highest BCUT2D eigenvalue weighted by atomic mass is 32.2. The van der Waals surface area contributed by atoms with Crippen molar-refractivity contribution in [3.63, 3.8) is 0 Å². The Balaban J connectivity index is 1.74.